The van der Waals surface area contributed by atoms with Crippen LogP contribution >= 0.6 is 11.3 Å². The summed E-state index contributed by atoms with van der Waals surface area (Å²) in [6.07, 6.45) is 0.868. The number of aliphatic hydroxyl groups excluding tert-OH is 2. The predicted molar refractivity (Wildman–Crippen MR) is 114 cm³/mol. The van der Waals surface area contributed by atoms with E-state index in [0.29, 0.717) is 12.8 Å². The van der Waals surface area contributed by atoms with E-state index in [4.69, 9.17) is 4.74 Å². The number of hydrogen-bond acceptors (Lipinski definition) is 4. The highest BCUT2D eigenvalue weighted by molar-refractivity contribution is 7.15. The van der Waals surface area contributed by atoms with E-state index >= 15 is 0 Å². The Kier molecular flexibility index (Phi) is 6.11. The number of rotatable bonds is 5. The van der Waals surface area contributed by atoms with Gasteiger partial charge in [-0.3, -0.25) is 0 Å². The molecule has 3 atom stereocenters. The fourth-order valence-electron chi connectivity index (χ4n) is 3.83. The van der Waals surface area contributed by atoms with Crippen molar-refractivity contribution in [2.75, 3.05) is 6.61 Å². The van der Waals surface area contributed by atoms with Crippen LogP contribution in [0.5, 0.6) is 0 Å². The number of ether oxygens (including phenoxy) is 1. The third kappa shape index (κ3) is 4.75. The number of benzene rings is 2. The fraction of sp³-hybridized carbons (Fsp3) is 0.333. The Balaban J connectivity index is 1.53. The second kappa shape index (κ2) is 8.76. The summed E-state index contributed by atoms with van der Waals surface area (Å²) in [7, 11) is 0. The Morgan fingerprint density at radius 2 is 1.86 bits per heavy atom. The van der Waals surface area contributed by atoms with Crippen molar-refractivity contribution in [2.24, 2.45) is 0 Å². The molecule has 2 unspecified atom stereocenters. The molecule has 0 bridgehead atoms. The number of thiophene rings is 1. The monoisotopic (exact) mass is 412 g/mol. The molecule has 0 amide bonds. The van der Waals surface area contributed by atoms with E-state index in [1.807, 2.05) is 6.07 Å². The van der Waals surface area contributed by atoms with Crippen molar-refractivity contribution in [3.63, 3.8) is 0 Å². The van der Waals surface area contributed by atoms with Crippen LogP contribution in [0.1, 0.15) is 40.5 Å². The molecule has 5 heteroatoms. The summed E-state index contributed by atoms with van der Waals surface area (Å²) in [6.45, 7) is 2.02. The van der Waals surface area contributed by atoms with Crippen molar-refractivity contribution in [1.82, 2.24) is 0 Å². The van der Waals surface area contributed by atoms with E-state index in [2.05, 4.69) is 31.2 Å². The first-order valence-electron chi connectivity index (χ1n) is 9.90. The Bertz CT molecular complexity index is 967. The molecule has 1 aliphatic rings. The molecule has 152 valence electrons. The van der Waals surface area contributed by atoms with Gasteiger partial charge in [0.1, 0.15) is 5.82 Å². The summed E-state index contributed by atoms with van der Waals surface area (Å²) in [5, 5.41) is 19.5. The molecule has 0 saturated carbocycles. The van der Waals surface area contributed by atoms with E-state index in [0.717, 1.165) is 22.4 Å². The first-order valence-corrected chi connectivity index (χ1v) is 10.7. The average Bonchev–Trinajstić information content (AvgIpc) is 3.18. The zero-order valence-corrected chi connectivity index (χ0v) is 17.2. The molecule has 1 aliphatic heterocycles. The largest absolute Gasteiger partial charge is 0.394 e. The highest BCUT2D eigenvalue weighted by Crippen LogP contribution is 2.34. The fourth-order valence-corrected chi connectivity index (χ4v) is 4.87. The highest BCUT2D eigenvalue weighted by Gasteiger charge is 2.29. The van der Waals surface area contributed by atoms with Crippen molar-refractivity contribution >= 4 is 11.3 Å². The molecule has 2 aromatic carbocycles. The first kappa shape index (κ1) is 20.2. The van der Waals surface area contributed by atoms with E-state index in [9.17, 15) is 14.6 Å². The highest BCUT2D eigenvalue weighted by atomic mass is 32.1. The minimum atomic E-state index is -0.453. The van der Waals surface area contributed by atoms with Gasteiger partial charge in [-0.2, -0.15) is 0 Å². The lowest BCUT2D eigenvalue weighted by Gasteiger charge is -2.32. The molecule has 0 radical (unpaired) electrons. The normalized spacial score (nSPS) is 22.0. The standard InChI is InChI=1S/C24H25FO3S/c1-15-2-3-17(23-13-20(27)12-21(14-26)28-23)10-18(15)11-22-8-9-24(29-22)16-4-6-19(25)7-5-16/h2-10,20-21,23,26-27H,11-14H2,1H3/t20?,21?,23-/m1/s1. The van der Waals surface area contributed by atoms with Crippen molar-refractivity contribution in [3.05, 3.63) is 82.0 Å². The molecule has 3 nitrogen and oxygen atoms in total. The van der Waals surface area contributed by atoms with Gasteiger partial charge in [-0.15, -0.1) is 11.3 Å². The smallest absolute Gasteiger partial charge is 0.123 e. The molecule has 0 spiro atoms. The number of aliphatic hydroxyl groups is 2. The van der Waals surface area contributed by atoms with Crippen LogP contribution in [0.25, 0.3) is 10.4 Å². The van der Waals surface area contributed by atoms with Crippen LogP contribution in [0.4, 0.5) is 4.39 Å². The minimum Gasteiger partial charge on any atom is -0.394 e. The summed E-state index contributed by atoms with van der Waals surface area (Å²) in [4.78, 5) is 2.36. The number of aryl methyl sites for hydroxylation is 1. The van der Waals surface area contributed by atoms with Gasteiger partial charge in [0, 0.05) is 29.0 Å². The molecule has 29 heavy (non-hydrogen) atoms. The zero-order valence-electron chi connectivity index (χ0n) is 16.3. The van der Waals surface area contributed by atoms with Crippen LogP contribution in [-0.2, 0) is 11.2 Å². The minimum absolute atomic E-state index is 0.0758. The van der Waals surface area contributed by atoms with E-state index in [1.165, 1.54) is 28.1 Å². The van der Waals surface area contributed by atoms with Crippen LogP contribution in [0, 0.1) is 12.7 Å². The van der Waals surface area contributed by atoms with E-state index in [-0.39, 0.29) is 24.6 Å². The van der Waals surface area contributed by atoms with Gasteiger partial charge in [0.2, 0.25) is 0 Å². The van der Waals surface area contributed by atoms with Crippen LogP contribution in [-0.4, -0.2) is 29.0 Å². The number of halogens is 1. The summed E-state index contributed by atoms with van der Waals surface area (Å²) >= 11 is 1.71. The summed E-state index contributed by atoms with van der Waals surface area (Å²) in [5.74, 6) is -0.226. The summed E-state index contributed by atoms with van der Waals surface area (Å²) < 4.78 is 19.1. The SMILES string of the molecule is Cc1ccc([C@H]2CC(O)CC(CO)O2)cc1Cc1ccc(-c2ccc(F)cc2)s1. The van der Waals surface area contributed by atoms with Gasteiger partial charge in [0.15, 0.2) is 0 Å². The van der Waals surface area contributed by atoms with Gasteiger partial charge < -0.3 is 14.9 Å². The lowest BCUT2D eigenvalue weighted by Crippen LogP contribution is -2.33. The maximum Gasteiger partial charge on any atom is 0.123 e. The average molecular weight is 413 g/mol. The third-order valence-corrected chi connectivity index (χ3v) is 6.62. The van der Waals surface area contributed by atoms with Gasteiger partial charge in [-0.25, -0.2) is 4.39 Å². The molecule has 2 heterocycles. The maximum atomic E-state index is 13.2. The van der Waals surface area contributed by atoms with Crippen LogP contribution in [0.2, 0.25) is 0 Å². The molecular weight excluding hydrogens is 387 g/mol. The van der Waals surface area contributed by atoms with E-state index in [1.54, 1.807) is 23.5 Å². The molecule has 1 fully saturated rings. The van der Waals surface area contributed by atoms with Gasteiger partial charge in [0.05, 0.1) is 24.9 Å². The lowest BCUT2D eigenvalue weighted by atomic mass is 9.93. The molecule has 1 saturated heterocycles. The van der Waals surface area contributed by atoms with Gasteiger partial charge in [0.25, 0.3) is 0 Å². The Labute approximate surface area is 174 Å². The Morgan fingerprint density at radius 1 is 1.07 bits per heavy atom. The van der Waals surface area contributed by atoms with E-state index < -0.39 is 6.10 Å². The van der Waals surface area contributed by atoms with Crippen LogP contribution in [0.3, 0.4) is 0 Å². The van der Waals surface area contributed by atoms with Crippen molar-refractivity contribution in [2.45, 2.75) is 44.5 Å². The summed E-state index contributed by atoms with van der Waals surface area (Å²) in [6, 6.07) is 17.1. The van der Waals surface area contributed by atoms with Crippen molar-refractivity contribution in [3.8, 4) is 10.4 Å². The zero-order chi connectivity index (χ0) is 20.4. The van der Waals surface area contributed by atoms with Crippen LogP contribution < -0.4 is 0 Å². The van der Waals surface area contributed by atoms with Crippen LogP contribution in [0.15, 0.2) is 54.6 Å². The molecule has 2 N–H and O–H groups in total. The Hall–Kier alpha value is -2.05. The molecule has 3 aromatic rings. The quantitative estimate of drug-likeness (QED) is 0.618. The third-order valence-electron chi connectivity index (χ3n) is 5.48. The van der Waals surface area contributed by atoms with Gasteiger partial charge in [-0.05, 0) is 53.4 Å². The van der Waals surface area contributed by atoms with Gasteiger partial charge >= 0.3 is 0 Å². The molecule has 1 aromatic heterocycles. The second-order valence-corrected chi connectivity index (χ2v) is 8.86. The summed E-state index contributed by atoms with van der Waals surface area (Å²) in [5.41, 5.74) is 4.49. The molecule has 0 aliphatic carbocycles. The topological polar surface area (TPSA) is 49.7 Å². The second-order valence-electron chi connectivity index (χ2n) is 7.69. The first-order chi connectivity index (χ1) is 14.0. The molecule has 4 rings (SSSR count). The van der Waals surface area contributed by atoms with Crippen molar-refractivity contribution in [1.29, 1.82) is 0 Å². The Morgan fingerprint density at radius 3 is 2.62 bits per heavy atom. The lowest BCUT2D eigenvalue weighted by molar-refractivity contribution is -0.113. The molecular formula is C24H25FO3S. The number of hydrogen-bond donors (Lipinski definition) is 2. The van der Waals surface area contributed by atoms with Crippen molar-refractivity contribution < 1.29 is 19.3 Å². The maximum absolute atomic E-state index is 13.2. The predicted octanol–water partition coefficient (Wildman–Crippen LogP) is 5.03. The van der Waals surface area contributed by atoms with Gasteiger partial charge in [-0.1, -0.05) is 30.3 Å².